The molecule has 1 heterocycles. The zero-order valence-electron chi connectivity index (χ0n) is 15.9. The van der Waals surface area contributed by atoms with Crippen LogP contribution in [0.1, 0.15) is 29.7 Å². The van der Waals surface area contributed by atoms with Gasteiger partial charge in [0, 0.05) is 33.9 Å². The molecular weight excluding hydrogens is 444 g/mol. The van der Waals surface area contributed by atoms with Crippen LogP contribution < -0.4 is 15.5 Å². The highest BCUT2D eigenvalue weighted by Gasteiger charge is 2.10. The van der Waals surface area contributed by atoms with Crippen LogP contribution >= 0.6 is 24.0 Å². The lowest BCUT2D eigenvalue weighted by molar-refractivity contribution is 0.607. The molecule has 2 N–H and O–H groups in total. The summed E-state index contributed by atoms with van der Waals surface area (Å²) in [4.78, 5) is 10.5. The molecular formula is C19H27FIN5. The van der Waals surface area contributed by atoms with Gasteiger partial charge in [-0.05, 0) is 48.7 Å². The number of aliphatic imine (C=N–C) groups is 1. The quantitative estimate of drug-likeness (QED) is 0.397. The molecule has 5 nitrogen and oxygen atoms in total. The van der Waals surface area contributed by atoms with E-state index in [0.29, 0.717) is 18.1 Å². The molecule has 1 aromatic heterocycles. The van der Waals surface area contributed by atoms with Gasteiger partial charge < -0.3 is 15.5 Å². The first-order valence-electron chi connectivity index (χ1n) is 8.26. The zero-order valence-corrected chi connectivity index (χ0v) is 18.2. The number of hydrogen-bond donors (Lipinski definition) is 2. The highest BCUT2D eigenvalue weighted by atomic mass is 127. The molecule has 0 fully saturated rings. The molecule has 1 atom stereocenters. The monoisotopic (exact) mass is 471 g/mol. The van der Waals surface area contributed by atoms with E-state index in [0.717, 1.165) is 16.9 Å². The van der Waals surface area contributed by atoms with Gasteiger partial charge in [0.1, 0.15) is 11.6 Å². The van der Waals surface area contributed by atoms with Crippen molar-refractivity contribution >= 4 is 35.8 Å². The van der Waals surface area contributed by atoms with Gasteiger partial charge in [0.2, 0.25) is 0 Å². The molecule has 0 aliphatic heterocycles. The molecule has 2 rings (SSSR count). The van der Waals surface area contributed by atoms with Crippen LogP contribution in [0, 0.1) is 12.7 Å². The second-order valence-electron chi connectivity index (χ2n) is 6.22. The van der Waals surface area contributed by atoms with Crippen molar-refractivity contribution in [3.05, 3.63) is 59.0 Å². The Kier molecular flexibility index (Phi) is 8.77. The van der Waals surface area contributed by atoms with Crippen molar-refractivity contribution in [2.75, 3.05) is 26.0 Å². The third-order valence-corrected chi connectivity index (χ3v) is 4.00. The fourth-order valence-corrected chi connectivity index (χ4v) is 2.36. The fraction of sp³-hybridized carbons (Fsp3) is 0.368. The molecule has 0 saturated carbocycles. The number of rotatable bonds is 5. The van der Waals surface area contributed by atoms with E-state index >= 15 is 0 Å². The lowest BCUT2D eigenvalue weighted by atomic mass is 10.1. The summed E-state index contributed by atoms with van der Waals surface area (Å²) in [6.07, 6.45) is 1.79. The molecule has 0 amide bonds. The molecule has 0 aliphatic rings. The summed E-state index contributed by atoms with van der Waals surface area (Å²) >= 11 is 0. The van der Waals surface area contributed by atoms with Gasteiger partial charge in [0.15, 0.2) is 5.96 Å². The van der Waals surface area contributed by atoms with Crippen LogP contribution in [0.15, 0.2) is 41.5 Å². The van der Waals surface area contributed by atoms with Crippen LogP contribution in [0.5, 0.6) is 0 Å². The van der Waals surface area contributed by atoms with Gasteiger partial charge >= 0.3 is 0 Å². The highest BCUT2D eigenvalue weighted by molar-refractivity contribution is 14.0. The largest absolute Gasteiger partial charge is 0.363 e. The van der Waals surface area contributed by atoms with Gasteiger partial charge in [-0.15, -0.1) is 24.0 Å². The predicted octanol–water partition coefficient (Wildman–Crippen LogP) is 3.64. The predicted molar refractivity (Wildman–Crippen MR) is 117 cm³/mol. The third kappa shape index (κ3) is 6.12. The number of nitrogens with zero attached hydrogens (tertiary/aromatic N) is 3. The summed E-state index contributed by atoms with van der Waals surface area (Å²) in [5.74, 6) is 1.38. The van der Waals surface area contributed by atoms with Crippen molar-refractivity contribution < 1.29 is 4.39 Å². The van der Waals surface area contributed by atoms with Gasteiger partial charge in [-0.2, -0.15) is 0 Å². The minimum Gasteiger partial charge on any atom is -0.363 e. The number of pyridine rings is 1. The number of guanidine groups is 1. The summed E-state index contributed by atoms with van der Waals surface area (Å²) in [5, 5.41) is 6.56. The van der Waals surface area contributed by atoms with Crippen LogP contribution in [0.25, 0.3) is 0 Å². The molecule has 26 heavy (non-hydrogen) atoms. The van der Waals surface area contributed by atoms with Crippen LogP contribution in [0.2, 0.25) is 0 Å². The molecule has 0 spiro atoms. The Bertz CT molecular complexity index is 748. The Morgan fingerprint density at radius 2 is 2.00 bits per heavy atom. The highest BCUT2D eigenvalue weighted by Crippen LogP contribution is 2.16. The average molecular weight is 471 g/mol. The number of aromatic nitrogens is 1. The van der Waals surface area contributed by atoms with E-state index in [4.69, 9.17) is 0 Å². The van der Waals surface area contributed by atoms with E-state index in [9.17, 15) is 4.39 Å². The Balaban J connectivity index is 0.00000338. The van der Waals surface area contributed by atoms with Crippen molar-refractivity contribution in [1.82, 2.24) is 15.6 Å². The van der Waals surface area contributed by atoms with Crippen molar-refractivity contribution in [1.29, 1.82) is 0 Å². The second kappa shape index (κ2) is 10.3. The summed E-state index contributed by atoms with van der Waals surface area (Å²) < 4.78 is 13.7. The van der Waals surface area contributed by atoms with Gasteiger partial charge in [0.05, 0.1) is 6.04 Å². The van der Waals surface area contributed by atoms with Crippen molar-refractivity contribution in [3.8, 4) is 0 Å². The van der Waals surface area contributed by atoms with Crippen LogP contribution in [-0.2, 0) is 6.54 Å². The Morgan fingerprint density at radius 1 is 1.27 bits per heavy atom. The van der Waals surface area contributed by atoms with E-state index in [2.05, 4.69) is 20.6 Å². The minimum absolute atomic E-state index is 0. The minimum atomic E-state index is -0.193. The normalized spacial score (nSPS) is 12.2. The molecule has 1 unspecified atom stereocenters. The van der Waals surface area contributed by atoms with E-state index in [-0.39, 0.29) is 35.8 Å². The molecule has 0 radical (unpaired) electrons. The summed E-state index contributed by atoms with van der Waals surface area (Å²) in [7, 11) is 5.64. The first kappa shape index (κ1) is 22.1. The lowest BCUT2D eigenvalue weighted by Gasteiger charge is -2.19. The lowest BCUT2D eigenvalue weighted by Crippen LogP contribution is -2.38. The third-order valence-electron chi connectivity index (χ3n) is 4.00. The second-order valence-corrected chi connectivity index (χ2v) is 6.22. The molecule has 142 valence electrons. The van der Waals surface area contributed by atoms with Crippen molar-refractivity contribution in [2.45, 2.75) is 26.4 Å². The number of nitrogens with one attached hydrogen (secondary N) is 2. The molecule has 1 aromatic carbocycles. The van der Waals surface area contributed by atoms with Gasteiger partial charge in [-0.1, -0.05) is 12.1 Å². The van der Waals surface area contributed by atoms with Crippen molar-refractivity contribution in [3.63, 3.8) is 0 Å². The topological polar surface area (TPSA) is 52.6 Å². The molecule has 0 bridgehead atoms. The molecule has 2 aromatic rings. The van der Waals surface area contributed by atoms with E-state index in [1.807, 2.05) is 44.1 Å². The van der Waals surface area contributed by atoms with E-state index < -0.39 is 0 Å². The smallest absolute Gasteiger partial charge is 0.191 e. The summed E-state index contributed by atoms with van der Waals surface area (Å²) in [6.45, 7) is 4.36. The maximum atomic E-state index is 13.7. The number of aryl methyl sites for hydroxylation is 1. The average Bonchev–Trinajstić information content (AvgIpc) is 2.60. The van der Waals surface area contributed by atoms with Crippen LogP contribution in [-0.4, -0.2) is 32.1 Å². The van der Waals surface area contributed by atoms with Crippen LogP contribution in [0.3, 0.4) is 0 Å². The Hall–Kier alpha value is -1.90. The SMILES string of the molecule is CN=C(NCc1ccnc(N(C)C)c1)NC(C)c1ccc(C)c(F)c1.I. The standard InChI is InChI=1S/C19H26FN5.HI/c1-13-6-7-16(11-17(13)20)14(2)24-19(21-3)23-12-15-8-9-22-18(10-15)25(4)5;/h6-11,14H,12H2,1-5H3,(H2,21,23,24);1H. The number of anilines is 1. The molecule has 0 saturated heterocycles. The fourth-order valence-electron chi connectivity index (χ4n) is 2.36. The first-order valence-corrected chi connectivity index (χ1v) is 8.26. The zero-order chi connectivity index (χ0) is 18.4. The van der Waals surface area contributed by atoms with Crippen molar-refractivity contribution in [2.24, 2.45) is 4.99 Å². The first-order chi connectivity index (χ1) is 11.9. The maximum Gasteiger partial charge on any atom is 0.191 e. The number of benzene rings is 1. The van der Waals surface area contributed by atoms with Gasteiger partial charge in [-0.25, -0.2) is 9.37 Å². The molecule has 0 aliphatic carbocycles. The maximum absolute atomic E-state index is 13.7. The van der Waals surface area contributed by atoms with Gasteiger partial charge in [0.25, 0.3) is 0 Å². The van der Waals surface area contributed by atoms with Gasteiger partial charge in [-0.3, -0.25) is 4.99 Å². The summed E-state index contributed by atoms with van der Waals surface area (Å²) in [5.41, 5.74) is 2.63. The van der Waals surface area contributed by atoms with E-state index in [1.54, 1.807) is 32.3 Å². The molecule has 7 heteroatoms. The Morgan fingerprint density at radius 3 is 2.62 bits per heavy atom. The Labute approximate surface area is 172 Å². The number of hydrogen-bond acceptors (Lipinski definition) is 3. The van der Waals surface area contributed by atoms with E-state index in [1.165, 1.54) is 0 Å². The summed E-state index contributed by atoms with van der Waals surface area (Å²) in [6, 6.07) is 9.21. The number of halogens is 2. The van der Waals surface area contributed by atoms with Crippen LogP contribution in [0.4, 0.5) is 10.2 Å².